The number of rotatable bonds is 5. The summed E-state index contributed by atoms with van der Waals surface area (Å²) in [6, 6.07) is 52.5. The molecule has 41 heavy (non-hydrogen) atoms. The molecule has 6 aromatic rings. The van der Waals surface area contributed by atoms with Gasteiger partial charge in [0.05, 0.1) is 5.41 Å². The van der Waals surface area contributed by atoms with Crippen molar-refractivity contribution >= 4 is 27.5 Å². The predicted molar refractivity (Wildman–Crippen MR) is 171 cm³/mol. The van der Waals surface area contributed by atoms with Crippen LogP contribution in [0.15, 0.2) is 156 Å². The Morgan fingerprint density at radius 3 is 1.85 bits per heavy atom. The molecule has 7 rings (SSSR count). The molecule has 0 saturated carbocycles. The highest BCUT2D eigenvalue weighted by Gasteiger charge is 2.46. The molecule has 3 heteroatoms. The van der Waals surface area contributed by atoms with E-state index in [1.54, 1.807) is 0 Å². The number of benzene rings is 6. The van der Waals surface area contributed by atoms with Crippen LogP contribution in [0.25, 0.3) is 22.3 Å². The monoisotopic (exact) mass is 591 g/mol. The molecule has 196 valence electrons. The number of hydrogen-bond donors (Lipinski definition) is 1. The van der Waals surface area contributed by atoms with Gasteiger partial charge in [-0.1, -0.05) is 137 Å². The van der Waals surface area contributed by atoms with Gasteiger partial charge in [0, 0.05) is 21.3 Å². The number of fused-ring (bicyclic) bond motifs is 3. The van der Waals surface area contributed by atoms with Crippen molar-refractivity contribution < 1.29 is 4.79 Å². The Bertz CT molecular complexity index is 1860. The predicted octanol–water partition coefficient (Wildman–Crippen LogP) is 9.73. The third-order valence-electron chi connectivity index (χ3n) is 8.03. The van der Waals surface area contributed by atoms with Gasteiger partial charge in [0.1, 0.15) is 0 Å². The van der Waals surface area contributed by atoms with E-state index in [0.29, 0.717) is 5.56 Å². The summed E-state index contributed by atoms with van der Waals surface area (Å²) in [5.41, 5.74) is 10.4. The molecule has 1 amide bonds. The van der Waals surface area contributed by atoms with Gasteiger partial charge < -0.3 is 5.32 Å². The quantitative estimate of drug-likeness (QED) is 0.212. The van der Waals surface area contributed by atoms with Crippen LogP contribution in [-0.2, 0) is 5.41 Å². The van der Waals surface area contributed by atoms with E-state index in [2.05, 4.69) is 130 Å². The lowest BCUT2D eigenvalue weighted by molar-refractivity contribution is 0.102. The Kier molecular flexibility index (Phi) is 6.37. The van der Waals surface area contributed by atoms with Crippen molar-refractivity contribution in [3.63, 3.8) is 0 Å². The molecule has 0 radical (unpaired) electrons. The summed E-state index contributed by atoms with van der Waals surface area (Å²) in [4.78, 5) is 13.2. The Balaban J connectivity index is 1.43. The Morgan fingerprint density at radius 2 is 1.15 bits per heavy atom. The Labute approximate surface area is 248 Å². The van der Waals surface area contributed by atoms with Crippen molar-refractivity contribution in [1.29, 1.82) is 0 Å². The third kappa shape index (κ3) is 4.21. The van der Waals surface area contributed by atoms with Gasteiger partial charge in [-0.05, 0) is 69.3 Å². The smallest absolute Gasteiger partial charge is 0.255 e. The van der Waals surface area contributed by atoms with Gasteiger partial charge in [-0.15, -0.1) is 0 Å². The summed E-state index contributed by atoms with van der Waals surface area (Å²) in [7, 11) is 0. The SMILES string of the molecule is O=C(Nc1ccccc1-c1ccc2c(c1)C(c1ccccc1)(c1ccccc1)c1ccccc1-2)c1cccc(Br)c1. The van der Waals surface area contributed by atoms with Crippen LogP contribution in [0.5, 0.6) is 0 Å². The Hall–Kier alpha value is -4.73. The van der Waals surface area contributed by atoms with Gasteiger partial charge in [0.2, 0.25) is 0 Å². The molecular formula is C38H26BrNO. The van der Waals surface area contributed by atoms with Crippen LogP contribution >= 0.6 is 15.9 Å². The third-order valence-corrected chi connectivity index (χ3v) is 8.52. The fraction of sp³-hybridized carbons (Fsp3) is 0.0263. The zero-order chi connectivity index (χ0) is 27.8. The van der Waals surface area contributed by atoms with E-state index in [4.69, 9.17) is 0 Å². The molecule has 0 saturated heterocycles. The standard InChI is InChI=1S/C38H26BrNO/c39-30-17-11-12-27(24-30)37(41)40-36-21-10-8-18-31(36)26-22-23-33-32-19-7-9-20-34(32)38(35(33)25-26,28-13-3-1-4-14-28)29-15-5-2-6-16-29/h1-25H,(H,40,41). The van der Waals surface area contributed by atoms with Crippen LogP contribution in [0.2, 0.25) is 0 Å². The zero-order valence-electron chi connectivity index (χ0n) is 22.2. The fourth-order valence-electron chi connectivity index (χ4n) is 6.28. The van der Waals surface area contributed by atoms with E-state index in [1.165, 1.54) is 33.4 Å². The van der Waals surface area contributed by atoms with Crippen molar-refractivity contribution in [2.24, 2.45) is 0 Å². The number of halogens is 1. The number of carbonyl (C=O) groups is 1. The van der Waals surface area contributed by atoms with E-state index in [9.17, 15) is 4.79 Å². The molecule has 0 aliphatic heterocycles. The molecule has 1 N–H and O–H groups in total. The van der Waals surface area contributed by atoms with Crippen LogP contribution in [0.1, 0.15) is 32.6 Å². The zero-order valence-corrected chi connectivity index (χ0v) is 23.8. The number of anilines is 1. The van der Waals surface area contributed by atoms with Crippen molar-refractivity contribution in [3.8, 4) is 22.3 Å². The van der Waals surface area contributed by atoms with Crippen molar-refractivity contribution in [1.82, 2.24) is 0 Å². The summed E-state index contributed by atoms with van der Waals surface area (Å²) in [6.45, 7) is 0. The second-order valence-electron chi connectivity index (χ2n) is 10.3. The summed E-state index contributed by atoms with van der Waals surface area (Å²) in [5.74, 6) is -0.143. The summed E-state index contributed by atoms with van der Waals surface area (Å²) >= 11 is 3.48. The van der Waals surface area contributed by atoms with Gasteiger partial charge in [0.15, 0.2) is 0 Å². The van der Waals surface area contributed by atoms with E-state index in [-0.39, 0.29) is 5.91 Å². The normalized spacial score (nSPS) is 12.8. The van der Waals surface area contributed by atoms with Crippen molar-refractivity contribution in [2.75, 3.05) is 5.32 Å². The summed E-state index contributed by atoms with van der Waals surface area (Å²) in [6.07, 6.45) is 0. The molecule has 0 atom stereocenters. The maximum absolute atomic E-state index is 13.2. The minimum atomic E-state index is -0.473. The first-order valence-electron chi connectivity index (χ1n) is 13.7. The van der Waals surface area contributed by atoms with Crippen molar-refractivity contribution in [3.05, 3.63) is 184 Å². The highest BCUT2D eigenvalue weighted by molar-refractivity contribution is 9.10. The largest absolute Gasteiger partial charge is 0.321 e. The first-order valence-corrected chi connectivity index (χ1v) is 14.5. The lowest BCUT2D eigenvalue weighted by Crippen LogP contribution is -2.28. The van der Waals surface area contributed by atoms with E-state index in [1.807, 2.05) is 42.5 Å². The highest BCUT2D eigenvalue weighted by Crippen LogP contribution is 2.56. The molecule has 6 aromatic carbocycles. The first-order chi connectivity index (χ1) is 20.2. The number of carbonyl (C=O) groups excluding carboxylic acids is 1. The average Bonchev–Trinajstić information content (AvgIpc) is 3.33. The number of para-hydroxylation sites is 1. The van der Waals surface area contributed by atoms with Gasteiger partial charge in [-0.3, -0.25) is 4.79 Å². The maximum Gasteiger partial charge on any atom is 0.255 e. The molecule has 0 bridgehead atoms. The van der Waals surface area contributed by atoms with Crippen LogP contribution in [-0.4, -0.2) is 5.91 Å². The molecule has 0 spiro atoms. The molecule has 2 nitrogen and oxygen atoms in total. The lowest BCUT2D eigenvalue weighted by atomic mass is 9.67. The minimum Gasteiger partial charge on any atom is -0.321 e. The van der Waals surface area contributed by atoms with Gasteiger partial charge in [-0.2, -0.15) is 0 Å². The molecule has 0 unspecified atom stereocenters. The molecule has 1 aliphatic rings. The van der Waals surface area contributed by atoms with Gasteiger partial charge in [-0.25, -0.2) is 0 Å². The van der Waals surface area contributed by atoms with Crippen LogP contribution in [0.4, 0.5) is 5.69 Å². The first kappa shape index (κ1) is 25.3. The fourth-order valence-corrected chi connectivity index (χ4v) is 6.68. The van der Waals surface area contributed by atoms with Gasteiger partial charge in [0.25, 0.3) is 5.91 Å². The molecule has 0 aromatic heterocycles. The summed E-state index contributed by atoms with van der Waals surface area (Å²) < 4.78 is 0.870. The second kappa shape index (κ2) is 10.3. The van der Waals surface area contributed by atoms with Crippen LogP contribution in [0.3, 0.4) is 0 Å². The lowest BCUT2D eigenvalue weighted by Gasteiger charge is -2.34. The van der Waals surface area contributed by atoms with Gasteiger partial charge >= 0.3 is 0 Å². The number of nitrogens with one attached hydrogen (secondary N) is 1. The topological polar surface area (TPSA) is 29.1 Å². The van der Waals surface area contributed by atoms with Crippen molar-refractivity contribution in [2.45, 2.75) is 5.41 Å². The average molecular weight is 593 g/mol. The van der Waals surface area contributed by atoms with Crippen LogP contribution < -0.4 is 5.32 Å². The number of amides is 1. The van der Waals surface area contributed by atoms with E-state index >= 15 is 0 Å². The highest BCUT2D eigenvalue weighted by atomic mass is 79.9. The second-order valence-corrected chi connectivity index (χ2v) is 11.2. The molecule has 0 heterocycles. The Morgan fingerprint density at radius 1 is 0.537 bits per heavy atom. The maximum atomic E-state index is 13.2. The molecule has 0 fully saturated rings. The molecular weight excluding hydrogens is 566 g/mol. The molecule has 1 aliphatic carbocycles. The van der Waals surface area contributed by atoms with E-state index < -0.39 is 5.41 Å². The minimum absolute atomic E-state index is 0.143. The van der Waals surface area contributed by atoms with E-state index in [0.717, 1.165) is 21.3 Å². The summed E-state index contributed by atoms with van der Waals surface area (Å²) in [5, 5.41) is 3.16. The van der Waals surface area contributed by atoms with Crippen LogP contribution in [0, 0.1) is 0 Å². The number of hydrogen-bond acceptors (Lipinski definition) is 1.